The summed E-state index contributed by atoms with van der Waals surface area (Å²) in [5, 5.41) is 8.48. The SMILES string of the molecule is O=S1(=O)C(Br)=CN=C1CCO. The first-order valence-corrected chi connectivity index (χ1v) is 5.15. The zero-order chi connectivity index (χ0) is 8.48. The Morgan fingerprint density at radius 2 is 2.27 bits per heavy atom. The molecule has 0 amide bonds. The third-order valence-corrected chi connectivity index (χ3v) is 4.23. The van der Waals surface area contributed by atoms with Crippen LogP contribution in [0, 0.1) is 0 Å². The van der Waals surface area contributed by atoms with Crippen molar-refractivity contribution in [2.75, 3.05) is 6.61 Å². The number of sulfone groups is 1. The fraction of sp³-hybridized carbons (Fsp3) is 0.400. The number of rotatable bonds is 2. The minimum Gasteiger partial charge on any atom is -0.396 e. The van der Waals surface area contributed by atoms with Crippen molar-refractivity contribution in [2.24, 2.45) is 4.99 Å². The molecule has 0 aliphatic carbocycles. The van der Waals surface area contributed by atoms with Gasteiger partial charge in [-0.1, -0.05) is 0 Å². The van der Waals surface area contributed by atoms with Crippen molar-refractivity contribution in [3.63, 3.8) is 0 Å². The molecule has 4 nitrogen and oxygen atoms in total. The van der Waals surface area contributed by atoms with E-state index in [2.05, 4.69) is 20.9 Å². The Morgan fingerprint density at radius 3 is 2.64 bits per heavy atom. The molecule has 1 aliphatic rings. The molecule has 0 saturated carbocycles. The molecule has 11 heavy (non-hydrogen) atoms. The van der Waals surface area contributed by atoms with Crippen LogP contribution in [-0.2, 0) is 9.84 Å². The van der Waals surface area contributed by atoms with Crippen LogP contribution < -0.4 is 0 Å². The highest BCUT2D eigenvalue weighted by atomic mass is 79.9. The molecule has 1 aliphatic heterocycles. The van der Waals surface area contributed by atoms with E-state index in [-0.39, 0.29) is 21.9 Å². The Bertz CT molecular complexity index is 317. The molecule has 0 aromatic carbocycles. The standard InChI is InChI=1S/C5H6BrNO3S/c6-4-3-7-5(1-2-8)11(4,9)10/h3,8H,1-2H2. The van der Waals surface area contributed by atoms with Gasteiger partial charge in [0.1, 0.15) is 8.86 Å². The van der Waals surface area contributed by atoms with Crippen molar-refractivity contribution in [3.05, 3.63) is 10.0 Å². The lowest BCUT2D eigenvalue weighted by molar-refractivity contribution is 0.307. The third-order valence-electron chi connectivity index (χ3n) is 1.20. The van der Waals surface area contributed by atoms with Crippen LogP contribution in [0.25, 0.3) is 0 Å². The molecule has 0 fully saturated rings. The number of hydrogen-bond acceptors (Lipinski definition) is 4. The Hall–Kier alpha value is -0.200. The summed E-state index contributed by atoms with van der Waals surface area (Å²) in [6, 6.07) is 0. The first-order valence-electron chi connectivity index (χ1n) is 2.87. The first-order chi connectivity index (χ1) is 5.09. The van der Waals surface area contributed by atoms with Crippen molar-refractivity contribution in [2.45, 2.75) is 6.42 Å². The minimum atomic E-state index is -3.36. The maximum atomic E-state index is 11.1. The van der Waals surface area contributed by atoms with Crippen LogP contribution >= 0.6 is 15.9 Å². The van der Waals surface area contributed by atoms with Crippen LogP contribution in [0.3, 0.4) is 0 Å². The Kier molecular flexibility index (Phi) is 2.46. The molecule has 0 aromatic rings. The zero-order valence-electron chi connectivity index (χ0n) is 5.49. The van der Waals surface area contributed by atoms with Gasteiger partial charge in [0.2, 0.25) is 9.84 Å². The second-order valence-electron chi connectivity index (χ2n) is 1.93. The number of aliphatic hydroxyl groups excluding tert-OH is 1. The second-order valence-corrected chi connectivity index (χ2v) is 5.23. The number of aliphatic hydroxyl groups is 1. The molecule has 62 valence electrons. The molecule has 0 bridgehead atoms. The van der Waals surface area contributed by atoms with Crippen molar-refractivity contribution in [1.29, 1.82) is 0 Å². The van der Waals surface area contributed by atoms with Gasteiger partial charge in [0.25, 0.3) is 0 Å². The lowest BCUT2D eigenvalue weighted by Gasteiger charge is -1.96. The predicted octanol–water partition coefficient (Wildman–Crippen LogP) is 0.390. The van der Waals surface area contributed by atoms with Crippen LogP contribution in [-0.4, -0.2) is 25.2 Å². The number of nitrogens with zero attached hydrogens (tertiary/aromatic N) is 1. The zero-order valence-corrected chi connectivity index (χ0v) is 7.89. The van der Waals surface area contributed by atoms with E-state index in [0.717, 1.165) is 0 Å². The van der Waals surface area contributed by atoms with Gasteiger partial charge in [-0.05, 0) is 15.9 Å². The average Bonchev–Trinajstić information content (AvgIpc) is 2.16. The van der Waals surface area contributed by atoms with Gasteiger partial charge in [-0.15, -0.1) is 0 Å². The Morgan fingerprint density at radius 1 is 1.64 bits per heavy atom. The van der Waals surface area contributed by atoms with Gasteiger partial charge >= 0.3 is 0 Å². The van der Waals surface area contributed by atoms with Gasteiger partial charge in [-0.2, -0.15) is 0 Å². The maximum absolute atomic E-state index is 11.1. The molecule has 1 rings (SSSR count). The number of aliphatic imine (C=N–C) groups is 1. The van der Waals surface area contributed by atoms with E-state index in [1.165, 1.54) is 6.20 Å². The summed E-state index contributed by atoms with van der Waals surface area (Å²) < 4.78 is 22.3. The van der Waals surface area contributed by atoms with Crippen molar-refractivity contribution in [3.8, 4) is 0 Å². The normalized spacial score (nSPS) is 21.3. The molecule has 0 unspecified atom stereocenters. The van der Waals surface area contributed by atoms with E-state index in [0.29, 0.717) is 0 Å². The Labute approximate surface area is 72.7 Å². The summed E-state index contributed by atoms with van der Waals surface area (Å²) >= 11 is 2.85. The Balaban J connectivity index is 2.93. The first kappa shape index (κ1) is 8.89. The van der Waals surface area contributed by atoms with Crippen molar-refractivity contribution in [1.82, 2.24) is 0 Å². The van der Waals surface area contributed by atoms with E-state index in [9.17, 15) is 8.42 Å². The quantitative estimate of drug-likeness (QED) is 0.759. The molecular formula is C5H6BrNO3S. The summed E-state index contributed by atoms with van der Waals surface area (Å²) in [5.74, 6) is 0. The molecule has 0 radical (unpaired) electrons. The lowest BCUT2D eigenvalue weighted by atomic mass is 10.5. The summed E-state index contributed by atoms with van der Waals surface area (Å²) in [6.45, 7) is -0.202. The van der Waals surface area contributed by atoms with Gasteiger partial charge in [-0.3, -0.25) is 0 Å². The third kappa shape index (κ3) is 1.52. The molecule has 0 spiro atoms. The van der Waals surface area contributed by atoms with E-state index in [1.54, 1.807) is 0 Å². The smallest absolute Gasteiger partial charge is 0.228 e. The highest BCUT2D eigenvalue weighted by Crippen LogP contribution is 2.23. The molecular weight excluding hydrogens is 234 g/mol. The van der Waals surface area contributed by atoms with Crippen LogP contribution in [0.1, 0.15) is 6.42 Å². The fourth-order valence-corrected chi connectivity index (χ4v) is 2.30. The van der Waals surface area contributed by atoms with E-state index in [4.69, 9.17) is 5.11 Å². The predicted molar refractivity (Wildman–Crippen MR) is 45.1 cm³/mol. The van der Waals surface area contributed by atoms with Crippen LogP contribution in [0.2, 0.25) is 0 Å². The summed E-state index contributed by atoms with van der Waals surface area (Å²) in [4.78, 5) is 3.62. The summed E-state index contributed by atoms with van der Waals surface area (Å²) in [6.07, 6.45) is 1.30. The number of hydrogen-bond donors (Lipinski definition) is 1. The molecule has 6 heteroatoms. The highest BCUT2D eigenvalue weighted by molar-refractivity contribution is 9.14. The molecule has 0 saturated heterocycles. The van der Waals surface area contributed by atoms with Crippen LogP contribution in [0.5, 0.6) is 0 Å². The second kappa shape index (κ2) is 3.04. The monoisotopic (exact) mass is 239 g/mol. The van der Waals surface area contributed by atoms with Gasteiger partial charge in [-0.25, -0.2) is 13.4 Å². The molecule has 0 aromatic heterocycles. The van der Waals surface area contributed by atoms with Gasteiger partial charge < -0.3 is 5.11 Å². The maximum Gasteiger partial charge on any atom is 0.228 e. The van der Waals surface area contributed by atoms with Crippen molar-refractivity contribution < 1.29 is 13.5 Å². The summed E-state index contributed by atoms with van der Waals surface area (Å²) in [5.41, 5.74) is 0. The van der Waals surface area contributed by atoms with E-state index < -0.39 is 9.84 Å². The number of halogens is 1. The van der Waals surface area contributed by atoms with Gasteiger partial charge in [0.05, 0.1) is 6.20 Å². The molecule has 1 N–H and O–H groups in total. The molecule has 1 heterocycles. The fourth-order valence-electron chi connectivity index (χ4n) is 0.669. The lowest BCUT2D eigenvalue weighted by Crippen LogP contribution is -2.12. The topological polar surface area (TPSA) is 66.7 Å². The van der Waals surface area contributed by atoms with E-state index in [1.807, 2.05) is 0 Å². The van der Waals surface area contributed by atoms with Crippen molar-refractivity contribution >= 4 is 30.8 Å². The average molecular weight is 240 g/mol. The summed E-state index contributed by atoms with van der Waals surface area (Å²) in [7, 11) is -3.36. The molecule has 0 atom stereocenters. The largest absolute Gasteiger partial charge is 0.396 e. The van der Waals surface area contributed by atoms with Gasteiger partial charge in [0.15, 0.2) is 0 Å². The highest BCUT2D eigenvalue weighted by Gasteiger charge is 2.26. The van der Waals surface area contributed by atoms with E-state index >= 15 is 0 Å². The van der Waals surface area contributed by atoms with Crippen LogP contribution in [0.15, 0.2) is 15.0 Å². The van der Waals surface area contributed by atoms with Gasteiger partial charge in [0, 0.05) is 13.0 Å². The minimum absolute atomic E-state index is 0.0203. The van der Waals surface area contributed by atoms with Crippen LogP contribution in [0.4, 0.5) is 0 Å².